The van der Waals surface area contributed by atoms with E-state index in [1.165, 1.54) is 12.8 Å². The minimum absolute atomic E-state index is 0.154. The Morgan fingerprint density at radius 1 is 1.29 bits per heavy atom. The molecule has 0 aliphatic heterocycles. The Labute approximate surface area is 124 Å². The molecule has 1 aromatic carbocycles. The second kappa shape index (κ2) is 7.57. The number of rotatable bonds is 8. The summed E-state index contributed by atoms with van der Waals surface area (Å²) in [5.41, 5.74) is 1.31. The van der Waals surface area contributed by atoms with Gasteiger partial charge in [0.1, 0.15) is 18.4 Å². The lowest BCUT2D eigenvalue weighted by Gasteiger charge is -2.13. The van der Waals surface area contributed by atoms with Gasteiger partial charge in [0.05, 0.1) is 4.92 Å². The highest BCUT2D eigenvalue weighted by Crippen LogP contribution is 2.18. The maximum absolute atomic E-state index is 10.7. The van der Waals surface area contributed by atoms with E-state index in [2.05, 4.69) is 22.7 Å². The summed E-state index contributed by atoms with van der Waals surface area (Å²) in [6.07, 6.45) is 11.5. The molecule has 1 N–H and O–H groups in total. The normalized spacial score (nSPS) is 12.2. The van der Waals surface area contributed by atoms with Gasteiger partial charge in [-0.15, -0.1) is 0 Å². The summed E-state index contributed by atoms with van der Waals surface area (Å²) in [5, 5.41) is 10.7. The van der Waals surface area contributed by atoms with Crippen molar-refractivity contribution in [2.45, 2.75) is 45.1 Å². The standard InChI is InChI=1S/C16H21N3O2/c1-2-3-4-15(18-12-11-17-13-18)8-5-14-6-9-16(10-7-14)19(20)21/h6-7,9-13,15H,2-5,8H2,1H3/p+1. The number of aryl methyl sites for hydroxylation is 1. The number of imidazole rings is 1. The molecule has 5 heteroatoms. The van der Waals surface area contributed by atoms with E-state index < -0.39 is 0 Å². The van der Waals surface area contributed by atoms with Gasteiger partial charge in [-0.25, -0.2) is 4.57 Å². The number of aromatic amines is 1. The summed E-state index contributed by atoms with van der Waals surface area (Å²) in [6.45, 7) is 2.20. The zero-order valence-electron chi connectivity index (χ0n) is 12.4. The molecule has 1 atom stereocenters. The maximum atomic E-state index is 10.7. The third-order valence-electron chi connectivity index (χ3n) is 3.79. The van der Waals surface area contributed by atoms with E-state index in [1.807, 2.05) is 24.7 Å². The highest BCUT2D eigenvalue weighted by atomic mass is 16.6. The molecule has 0 amide bonds. The van der Waals surface area contributed by atoms with Crippen LogP contribution in [-0.2, 0) is 6.42 Å². The van der Waals surface area contributed by atoms with E-state index >= 15 is 0 Å². The number of nitro benzene ring substituents is 1. The molecule has 0 saturated heterocycles. The summed E-state index contributed by atoms with van der Waals surface area (Å²) < 4.78 is 2.22. The third kappa shape index (κ3) is 4.41. The summed E-state index contributed by atoms with van der Waals surface area (Å²) >= 11 is 0. The number of unbranched alkanes of at least 4 members (excludes halogenated alkanes) is 1. The van der Waals surface area contributed by atoms with E-state index in [4.69, 9.17) is 0 Å². The molecule has 0 spiro atoms. The lowest BCUT2D eigenvalue weighted by atomic mass is 10.0. The Kier molecular flexibility index (Phi) is 5.49. The van der Waals surface area contributed by atoms with Gasteiger partial charge >= 0.3 is 0 Å². The first-order valence-electron chi connectivity index (χ1n) is 7.47. The molecule has 5 nitrogen and oxygen atoms in total. The van der Waals surface area contributed by atoms with Crippen LogP contribution in [0.1, 0.15) is 44.2 Å². The molecule has 0 bridgehead atoms. The molecular formula is C16H22N3O2+. The van der Waals surface area contributed by atoms with Crippen molar-refractivity contribution in [2.24, 2.45) is 0 Å². The Bertz CT molecular complexity index is 549. The number of aromatic nitrogens is 2. The van der Waals surface area contributed by atoms with Crippen molar-refractivity contribution in [3.63, 3.8) is 0 Å². The number of nitrogens with zero attached hydrogens (tertiary/aromatic N) is 2. The van der Waals surface area contributed by atoms with Crippen molar-refractivity contribution in [1.82, 2.24) is 4.98 Å². The van der Waals surface area contributed by atoms with Crippen molar-refractivity contribution in [3.05, 3.63) is 58.7 Å². The molecule has 0 radical (unpaired) electrons. The van der Waals surface area contributed by atoms with Gasteiger partial charge in [-0.1, -0.05) is 25.5 Å². The zero-order valence-corrected chi connectivity index (χ0v) is 12.4. The second-order valence-corrected chi connectivity index (χ2v) is 5.32. The predicted molar refractivity (Wildman–Crippen MR) is 81.0 cm³/mol. The second-order valence-electron chi connectivity index (χ2n) is 5.32. The number of nitrogens with one attached hydrogen (secondary N) is 1. The highest BCUT2D eigenvalue weighted by molar-refractivity contribution is 5.32. The Morgan fingerprint density at radius 2 is 2.05 bits per heavy atom. The van der Waals surface area contributed by atoms with Crippen LogP contribution in [0.5, 0.6) is 0 Å². The Balaban J connectivity index is 1.96. The van der Waals surface area contributed by atoms with E-state index in [0.717, 1.165) is 24.8 Å². The molecule has 1 heterocycles. The molecule has 21 heavy (non-hydrogen) atoms. The van der Waals surface area contributed by atoms with Crippen LogP contribution in [0.25, 0.3) is 0 Å². The summed E-state index contributed by atoms with van der Waals surface area (Å²) in [4.78, 5) is 13.4. The van der Waals surface area contributed by atoms with Crippen molar-refractivity contribution >= 4 is 5.69 Å². The van der Waals surface area contributed by atoms with Crippen LogP contribution in [-0.4, -0.2) is 9.91 Å². The first kappa shape index (κ1) is 15.2. The minimum atomic E-state index is -0.358. The van der Waals surface area contributed by atoms with Crippen LogP contribution >= 0.6 is 0 Å². The molecule has 0 saturated carbocycles. The molecular weight excluding hydrogens is 266 g/mol. The Hall–Kier alpha value is -2.17. The van der Waals surface area contributed by atoms with Gasteiger partial charge < -0.3 is 0 Å². The average Bonchev–Trinajstić information content (AvgIpc) is 3.02. The molecule has 2 rings (SSSR count). The third-order valence-corrected chi connectivity index (χ3v) is 3.79. The first-order valence-corrected chi connectivity index (χ1v) is 7.47. The molecule has 0 fully saturated rings. The highest BCUT2D eigenvalue weighted by Gasteiger charge is 2.15. The van der Waals surface area contributed by atoms with Gasteiger partial charge in [0.15, 0.2) is 0 Å². The molecule has 112 valence electrons. The largest absolute Gasteiger partial charge is 0.269 e. The number of hydrogen-bond acceptors (Lipinski definition) is 2. The lowest BCUT2D eigenvalue weighted by Crippen LogP contribution is -2.37. The summed E-state index contributed by atoms with van der Waals surface area (Å²) in [6, 6.07) is 7.36. The van der Waals surface area contributed by atoms with Gasteiger partial charge in [-0.2, -0.15) is 0 Å². The van der Waals surface area contributed by atoms with E-state index in [9.17, 15) is 10.1 Å². The lowest BCUT2D eigenvalue weighted by molar-refractivity contribution is -0.723. The van der Waals surface area contributed by atoms with Crippen molar-refractivity contribution in [3.8, 4) is 0 Å². The average molecular weight is 288 g/mol. The zero-order chi connectivity index (χ0) is 15.1. The minimum Gasteiger partial charge on any atom is -0.258 e. The Morgan fingerprint density at radius 3 is 2.62 bits per heavy atom. The van der Waals surface area contributed by atoms with E-state index in [1.54, 1.807) is 12.1 Å². The molecule has 1 aromatic heterocycles. The quantitative estimate of drug-likeness (QED) is 0.458. The number of H-pyrrole nitrogens is 1. The van der Waals surface area contributed by atoms with Crippen LogP contribution < -0.4 is 4.57 Å². The van der Waals surface area contributed by atoms with Gasteiger partial charge in [-0.3, -0.25) is 15.1 Å². The molecule has 0 aliphatic carbocycles. The van der Waals surface area contributed by atoms with Crippen LogP contribution in [0, 0.1) is 10.1 Å². The molecule has 1 unspecified atom stereocenters. The van der Waals surface area contributed by atoms with Gasteiger partial charge in [0, 0.05) is 12.1 Å². The number of nitro groups is 1. The van der Waals surface area contributed by atoms with Crippen molar-refractivity contribution in [1.29, 1.82) is 0 Å². The SMILES string of the molecule is CCCCC(CCc1ccc([N+](=O)[O-])cc1)[n+]1cc[nH]c1. The monoisotopic (exact) mass is 288 g/mol. The van der Waals surface area contributed by atoms with Crippen LogP contribution in [0.2, 0.25) is 0 Å². The van der Waals surface area contributed by atoms with Gasteiger partial charge in [0.25, 0.3) is 5.69 Å². The van der Waals surface area contributed by atoms with Crippen LogP contribution in [0.15, 0.2) is 43.0 Å². The van der Waals surface area contributed by atoms with Crippen molar-refractivity contribution in [2.75, 3.05) is 0 Å². The first-order chi connectivity index (χ1) is 10.2. The van der Waals surface area contributed by atoms with Gasteiger partial charge in [0.2, 0.25) is 6.33 Å². The topological polar surface area (TPSA) is 62.8 Å². The fourth-order valence-corrected chi connectivity index (χ4v) is 2.53. The smallest absolute Gasteiger partial charge is 0.258 e. The van der Waals surface area contributed by atoms with E-state index in [0.29, 0.717) is 6.04 Å². The maximum Gasteiger partial charge on any atom is 0.269 e. The molecule has 0 aliphatic rings. The van der Waals surface area contributed by atoms with Crippen LogP contribution in [0.4, 0.5) is 5.69 Å². The van der Waals surface area contributed by atoms with Crippen LogP contribution in [0.3, 0.4) is 0 Å². The fraction of sp³-hybridized carbons (Fsp3) is 0.438. The number of non-ortho nitro benzene ring substituents is 1. The van der Waals surface area contributed by atoms with E-state index in [-0.39, 0.29) is 10.6 Å². The fourth-order valence-electron chi connectivity index (χ4n) is 2.53. The summed E-state index contributed by atoms with van der Waals surface area (Å²) in [7, 11) is 0. The molecule has 2 aromatic rings. The number of hydrogen-bond donors (Lipinski definition) is 1. The predicted octanol–water partition coefficient (Wildman–Crippen LogP) is 3.57. The van der Waals surface area contributed by atoms with Crippen molar-refractivity contribution < 1.29 is 9.49 Å². The number of benzene rings is 1. The summed E-state index contributed by atoms with van der Waals surface area (Å²) in [5.74, 6) is 0. The van der Waals surface area contributed by atoms with Gasteiger partial charge in [-0.05, 0) is 31.2 Å².